The Labute approximate surface area is 82.1 Å². The van der Waals surface area contributed by atoms with Gasteiger partial charge < -0.3 is 4.74 Å². The number of ether oxygens (including phenoxy) is 1. The highest BCUT2D eigenvalue weighted by molar-refractivity contribution is 7.88. The minimum Gasteiger partial charge on any atom is -0.464 e. The lowest BCUT2D eigenvalue weighted by molar-refractivity contribution is -0.137. The summed E-state index contributed by atoms with van der Waals surface area (Å²) in [6, 6.07) is 0. The molecule has 14 heavy (non-hydrogen) atoms. The van der Waals surface area contributed by atoms with E-state index in [1.807, 2.05) is 0 Å². The lowest BCUT2D eigenvalue weighted by Crippen LogP contribution is -2.33. The van der Waals surface area contributed by atoms with Crippen molar-refractivity contribution < 1.29 is 17.9 Å². The van der Waals surface area contributed by atoms with Crippen molar-refractivity contribution >= 4 is 21.9 Å². The maximum absolute atomic E-state index is 11.3. The molecule has 0 saturated carbocycles. The van der Waals surface area contributed by atoms with E-state index < -0.39 is 16.2 Å². The van der Waals surface area contributed by atoms with E-state index in [0.717, 1.165) is 4.31 Å². The number of nitrogens with zero attached hydrogens (tertiary/aromatic N) is 2. The first kappa shape index (κ1) is 10.7. The zero-order valence-corrected chi connectivity index (χ0v) is 8.83. The van der Waals surface area contributed by atoms with Crippen molar-refractivity contribution in [1.82, 2.24) is 4.31 Å². The van der Waals surface area contributed by atoms with Crippen molar-refractivity contribution in [1.29, 1.82) is 0 Å². The number of carbonyl (C=O) groups is 1. The molecular weight excluding hydrogens is 208 g/mol. The summed E-state index contributed by atoms with van der Waals surface area (Å²) in [7, 11) is -1.33. The van der Waals surface area contributed by atoms with Crippen LogP contribution >= 0.6 is 0 Å². The van der Waals surface area contributed by atoms with Crippen LogP contribution in [0.4, 0.5) is 0 Å². The average Bonchev–Trinajstić information content (AvgIpc) is 2.09. The van der Waals surface area contributed by atoms with E-state index in [1.54, 1.807) is 0 Å². The fraction of sp³-hybridized carbons (Fsp3) is 0.429. The molecule has 0 aromatic rings. The maximum atomic E-state index is 11.3. The molecule has 0 spiro atoms. The smallest absolute Gasteiger partial charge is 0.355 e. The molecule has 1 aliphatic rings. The van der Waals surface area contributed by atoms with Crippen LogP contribution in [0.25, 0.3) is 0 Å². The lowest BCUT2D eigenvalue weighted by Gasteiger charge is -2.21. The van der Waals surface area contributed by atoms with Crippen molar-refractivity contribution in [2.75, 3.05) is 14.2 Å². The van der Waals surface area contributed by atoms with Gasteiger partial charge in [-0.15, -0.1) is 4.40 Å². The second-order valence-electron chi connectivity index (χ2n) is 2.70. The van der Waals surface area contributed by atoms with Gasteiger partial charge >= 0.3 is 16.2 Å². The van der Waals surface area contributed by atoms with E-state index in [2.05, 4.69) is 9.13 Å². The molecular formula is C7H10N2O4S. The summed E-state index contributed by atoms with van der Waals surface area (Å²) in [5.74, 6) is -0.703. The summed E-state index contributed by atoms with van der Waals surface area (Å²) in [5.41, 5.74) is 0.212. The van der Waals surface area contributed by atoms with Crippen LogP contribution in [-0.2, 0) is 19.7 Å². The zero-order chi connectivity index (χ0) is 10.9. The maximum Gasteiger partial charge on any atom is 0.355 e. The molecule has 0 saturated heterocycles. The number of hydrogen-bond donors (Lipinski definition) is 0. The van der Waals surface area contributed by atoms with Gasteiger partial charge in [0, 0.05) is 7.05 Å². The predicted octanol–water partition coefficient (Wildman–Crippen LogP) is -0.306. The molecule has 0 fully saturated rings. The van der Waals surface area contributed by atoms with Crippen LogP contribution in [0.2, 0.25) is 0 Å². The Balaban J connectivity index is 3.21. The Morgan fingerprint density at radius 1 is 1.57 bits per heavy atom. The molecule has 0 atom stereocenters. The Bertz CT molecular complexity index is 421. The predicted molar refractivity (Wildman–Crippen MR) is 49.9 cm³/mol. The SMILES string of the molecule is COC(=O)C1=CC(C)=NS(=O)(=O)N1C. The van der Waals surface area contributed by atoms with Crippen LogP contribution in [0.1, 0.15) is 6.92 Å². The highest BCUT2D eigenvalue weighted by atomic mass is 32.2. The van der Waals surface area contributed by atoms with Gasteiger partial charge in [-0.1, -0.05) is 0 Å². The van der Waals surface area contributed by atoms with Gasteiger partial charge in [-0.25, -0.2) is 9.10 Å². The third-order valence-electron chi connectivity index (χ3n) is 1.68. The van der Waals surface area contributed by atoms with Gasteiger partial charge in [0.05, 0.1) is 12.8 Å². The molecule has 0 radical (unpaired) electrons. The summed E-state index contributed by atoms with van der Waals surface area (Å²) >= 11 is 0. The van der Waals surface area contributed by atoms with E-state index in [-0.39, 0.29) is 11.4 Å². The van der Waals surface area contributed by atoms with Crippen LogP contribution in [0.15, 0.2) is 16.2 Å². The van der Waals surface area contributed by atoms with Gasteiger partial charge in [0.25, 0.3) is 0 Å². The number of rotatable bonds is 1. The average molecular weight is 218 g/mol. The minimum atomic E-state index is -3.76. The lowest BCUT2D eigenvalue weighted by atomic mass is 10.3. The third kappa shape index (κ3) is 1.77. The summed E-state index contributed by atoms with van der Waals surface area (Å²) < 4.78 is 31.2. The van der Waals surface area contributed by atoms with Gasteiger partial charge in [0.15, 0.2) is 0 Å². The minimum absolute atomic E-state index is 0.0417. The van der Waals surface area contributed by atoms with E-state index >= 15 is 0 Å². The largest absolute Gasteiger partial charge is 0.464 e. The zero-order valence-electron chi connectivity index (χ0n) is 8.01. The number of hydrogen-bond acceptors (Lipinski definition) is 4. The van der Waals surface area contributed by atoms with Gasteiger partial charge in [0.2, 0.25) is 0 Å². The number of methoxy groups -OCH3 is 1. The second-order valence-corrected chi connectivity index (χ2v) is 4.33. The first-order valence-electron chi connectivity index (χ1n) is 3.74. The number of allylic oxidation sites excluding steroid dienone is 1. The Kier molecular flexibility index (Phi) is 2.61. The summed E-state index contributed by atoms with van der Waals surface area (Å²) in [4.78, 5) is 11.2. The number of likely N-dealkylation sites (N-methyl/N-ethyl adjacent to an activating group) is 1. The first-order chi connectivity index (χ1) is 6.38. The molecule has 1 heterocycles. The van der Waals surface area contributed by atoms with Crippen molar-refractivity contribution in [3.8, 4) is 0 Å². The highest BCUT2D eigenvalue weighted by Crippen LogP contribution is 2.16. The number of esters is 1. The Morgan fingerprint density at radius 2 is 2.14 bits per heavy atom. The van der Waals surface area contributed by atoms with Gasteiger partial charge in [-0.3, -0.25) is 0 Å². The highest BCUT2D eigenvalue weighted by Gasteiger charge is 2.28. The molecule has 0 unspecified atom stereocenters. The van der Waals surface area contributed by atoms with E-state index in [0.29, 0.717) is 0 Å². The molecule has 1 rings (SSSR count). The molecule has 6 nitrogen and oxygen atoms in total. The van der Waals surface area contributed by atoms with Crippen molar-refractivity contribution in [2.45, 2.75) is 6.92 Å². The normalized spacial score (nSPS) is 19.8. The monoisotopic (exact) mass is 218 g/mol. The van der Waals surface area contributed by atoms with Gasteiger partial charge in [0.1, 0.15) is 5.70 Å². The Morgan fingerprint density at radius 3 is 2.64 bits per heavy atom. The molecule has 0 N–H and O–H groups in total. The van der Waals surface area contributed by atoms with E-state index in [4.69, 9.17) is 0 Å². The fourth-order valence-electron chi connectivity index (χ4n) is 0.975. The standard InChI is InChI=1S/C7H10N2O4S/c1-5-4-6(7(10)13-3)9(2)14(11,12)8-5/h4H,1-3H3. The molecule has 7 heteroatoms. The number of carbonyl (C=O) groups excluding carboxylic acids is 1. The van der Waals surface area contributed by atoms with E-state index in [1.165, 1.54) is 27.2 Å². The molecule has 0 amide bonds. The molecule has 78 valence electrons. The third-order valence-corrected chi connectivity index (χ3v) is 3.09. The quantitative estimate of drug-likeness (QED) is 0.566. The molecule has 0 aromatic heterocycles. The molecule has 1 aliphatic heterocycles. The van der Waals surface area contributed by atoms with Crippen molar-refractivity contribution in [3.63, 3.8) is 0 Å². The summed E-state index contributed by atoms with van der Waals surface area (Å²) in [5, 5.41) is 0. The van der Waals surface area contributed by atoms with Crippen molar-refractivity contribution in [2.24, 2.45) is 4.40 Å². The topological polar surface area (TPSA) is 76.0 Å². The van der Waals surface area contributed by atoms with Crippen LogP contribution < -0.4 is 0 Å². The van der Waals surface area contributed by atoms with Crippen molar-refractivity contribution in [3.05, 3.63) is 11.8 Å². The summed E-state index contributed by atoms with van der Waals surface area (Å²) in [6.07, 6.45) is 1.35. The van der Waals surface area contributed by atoms with Crippen LogP contribution in [0.3, 0.4) is 0 Å². The molecule has 0 bridgehead atoms. The summed E-state index contributed by atoms with van der Waals surface area (Å²) in [6.45, 7) is 1.49. The van der Waals surface area contributed by atoms with Gasteiger partial charge in [-0.2, -0.15) is 8.42 Å². The van der Waals surface area contributed by atoms with Gasteiger partial charge in [-0.05, 0) is 13.0 Å². The van der Waals surface area contributed by atoms with E-state index in [9.17, 15) is 13.2 Å². The van der Waals surface area contributed by atoms with Crippen LogP contribution in [-0.4, -0.2) is 38.6 Å². The fourth-order valence-corrected chi connectivity index (χ4v) is 1.89. The molecule has 0 aromatic carbocycles. The first-order valence-corrected chi connectivity index (χ1v) is 5.13. The van der Waals surface area contributed by atoms with Crippen LogP contribution in [0, 0.1) is 0 Å². The second kappa shape index (κ2) is 3.41. The Hall–Kier alpha value is -1.37. The van der Waals surface area contributed by atoms with Crippen LogP contribution in [0.5, 0.6) is 0 Å². The molecule has 0 aliphatic carbocycles.